The zero-order chi connectivity index (χ0) is 14.8. The molecule has 7 heteroatoms. The number of thioether (sulfide) groups is 1. The fraction of sp³-hybridized carbons (Fsp3) is 0.143. The molecule has 0 radical (unpaired) electrons. The number of benzene rings is 1. The van der Waals surface area contributed by atoms with Gasteiger partial charge in [-0.15, -0.1) is 11.3 Å². The van der Waals surface area contributed by atoms with Crippen LogP contribution in [0.4, 0.5) is 5.00 Å². The fourth-order valence-electron chi connectivity index (χ4n) is 1.86. The van der Waals surface area contributed by atoms with E-state index in [2.05, 4.69) is 10.4 Å². The second-order valence-corrected chi connectivity index (χ2v) is 6.79. The van der Waals surface area contributed by atoms with Crippen molar-refractivity contribution in [1.82, 2.24) is 5.32 Å². The number of halogens is 1. The summed E-state index contributed by atoms with van der Waals surface area (Å²) in [4.78, 5) is 13.3. The topological polar surface area (TPSA) is 44.7 Å². The third-order valence-corrected chi connectivity index (χ3v) is 5.28. The minimum absolute atomic E-state index is 0.168. The summed E-state index contributed by atoms with van der Waals surface area (Å²) in [6.07, 6.45) is 0. The molecule has 0 saturated heterocycles. The maximum Gasteiger partial charge on any atom is 0.278 e. The summed E-state index contributed by atoms with van der Waals surface area (Å²) in [6.45, 7) is 0.454. The first-order valence-corrected chi connectivity index (χ1v) is 8.31. The maximum atomic E-state index is 12.2. The van der Waals surface area contributed by atoms with Crippen LogP contribution < -0.4 is 10.3 Å². The number of nitrogens with one attached hydrogen (secondary N) is 1. The highest BCUT2D eigenvalue weighted by Crippen LogP contribution is 2.39. The van der Waals surface area contributed by atoms with Crippen molar-refractivity contribution in [2.24, 2.45) is 5.10 Å². The molecule has 0 aliphatic carbocycles. The summed E-state index contributed by atoms with van der Waals surface area (Å²) in [5.41, 5.74) is 0.999. The number of anilines is 1. The van der Waals surface area contributed by atoms with Crippen molar-refractivity contribution in [2.75, 3.05) is 12.1 Å². The van der Waals surface area contributed by atoms with E-state index in [0.717, 1.165) is 15.5 Å². The third-order valence-electron chi connectivity index (χ3n) is 2.91. The van der Waals surface area contributed by atoms with Crippen molar-refractivity contribution in [1.29, 1.82) is 0 Å². The largest absolute Gasteiger partial charge is 0.346 e. The van der Waals surface area contributed by atoms with E-state index in [0.29, 0.717) is 16.6 Å². The molecule has 0 saturated carbocycles. The van der Waals surface area contributed by atoms with Crippen LogP contribution in [0.5, 0.6) is 0 Å². The molecule has 0 atom stereocenters. The maximum absolute atomic E-state index is 12.2. The van der Waals surface area contributed by atoms with Gasteiger partial charge in [0, 0.05) is 18.6 Å². The Hall–Kier alpha value is -1.50. The van der Waals surface area contributed by atoms with Gasteiger partial charge in [-0.25, -0.2) is 0 Å². The number of hydrogen-bond donors (Lipinski definition) is 1. The van der Waals surface area contributed by atoms with Crippen molar-refractivity contribution < 1.29 is 4.79 Å². The average Bonchev–Trinajstić information content (AvgIpc) is 2.95. The van der Waals surface area contributed by atoms with Gasteiger partial charge in [-0.3, -0.25) is 9.80 Å². The van der Waals surface area contributed by atoms with E-state index in [1.54, 1.807) is 28.5 Å². The van der Waals surface area contributed by atoms with E-state index < -0.39 is 0 Å². The second-order valence-electron chi connectivity index (χ2n) is 4.43. The number of hydrazone groups is 1. The van der Waals surface area contributed by atoms with Crippen LogP contribution in [0.2, 0.25) is 5.02 Å². The zero-order valence-corrected chi connectivity index (χ0v) is 13.6. The van der Waals surface area contributed by atoms with Gasteiger partial charge < -0.3 is 5.32 Å². The van der Waals surface area contributed by atoms with Crippen LogP contribution in [0.25, 0.3) is 0 Å². The SMILES string of the molecule is CN1N=C(C(=O)NCc2ccc(Cl)cc2)Sc2ccsc21. The van der Waals surface area contributed by atoms with E-state index in [-0.39, 0.29) is 5.91 Å². The summed E-state index contributed by atoms with van der Waals surface area (Å²) in [6, 6.07) is 9.40. The predicted molar refractivity (Wildman–Crippen MR) is 89.3 cm³/mol. The minimum atomic E-state index is -0.168. The van der Waals surface area contributed by atoms with Crippen molar-refractivity contribution in [3.8, 4) is 0 Å². The van der Waals surface area contributed by atoms with E-state index >= 15 is 0 Å². The zero-order valence-electron chi connectivity index (χ0n) is 11.2. The normalized spacial score (nSPS) is 13.6. The monoisotopic (exact) mass is 337 g/mol. The van der Waals surface area contributed by atoms with Crippen LogP contribution in [0.3, 0.4) is 0 Å². The minimum Gasteiger partial charge on any atom is -0.346 e. The molecule has 1 aromatic heterocycles. The van der Waals surface area contributed by atoms with Gasteiger partial charge in [0.05, 0.1) is 4.90 Å². The molecule has 4 nitrogen and oxygen atoms in total. The van der Waals surface area contributed by atoms with Crippen LogP contribution in [0.15, 0.2) is 45.7 Å². The highest BCUT2D eigenvalue weighted by Gasteiger charge is 2.23. The van der Waals surface area contributed by atoms with Crippen molar-refractivity contribution in [3.05, 3.63) is 46.3 Å². The Morgan fingerprint density at radius 1 is 1.33 bits per heavy atom. The summed E-state index contributed by atoms with van der Waals surface area (Å²) in [5.74, 6) is -0.168. The number of thiophene rings is 1. The van der Waals surface area contributed by atoms with Crippen LogP contribution in [-0.2, 0) is 11.3 Å². The fourth-order valence-corrected chi connectivity index (χ4v) is 3.95. The van der Waals surface area contributed by atoms with Gasteiger partial charge in [-0.05, 0) is 29.1 Å². The van der Waals surface area contributed by atoms with Crippen molar-refractivity contribution in [2.45, 2.75) is 11.4 Å². The first-order chi connectivity index (χ1) is 10.1. The van der Waals surface area contributed by atoms with E-state index in [4.69, 9.17) is 11.6 Å². The number of amides is 1. The van der Waals surface area contributed by atoms with Crippen molar-refractivity contribution >= 4 is 50.7 Å². The molecule has 2 heterocycles. The standard InChI is InChI=1S/C14H12ClN3OS2/c1-18-14-11(6-7-20-14)21-13(17-18)12(19)16-8-9-2-4-10(15)5-3-9/h2-7H,8H2,1H3,(H,16,19). The molecule has 1 aliphatic rings. The molecule has 1 N–H and O–H groups in total. The number of hydrogen-bond acceptors (Lipinski definition) is 5. The molecule has 0 unspecified atom stereocenters. The first kappa shape index (κ1) is 14.4. The molecule has 2 aromatic rings. The smallest absolute Gasteiger partial charge is 0.278 e. The quantitative estimate of drug-likeness (QED) is 0.931. The molecular formula is C14H12ClN3OS2. The summed E-state index contributed by atoms with van der Waals surface area (Å²) in [7, 11) is 1.85. The molecule has 1 aromatic carbocycles. The van der Waals surface area contributed by atoms with E-state index in [1.807, 2.05) is 30.6 Å². The van der Waals surface area contributed by atoms with Gasteiger partial charge in [-0.1, -0.05) is 35.5 Å². The molecule has 108 valence electrons. The van der Waals surface area contributed by atoms with Crippen LogP contribution in [0, 0.1) is 0 Å². The lowest BCUT2D eigenvalue weighted by Gasteiger charge is -2.20. The lowest BCUT2D eigenvalue weighted by molar-refractivity contribution is -0.114. The number of rotatable bonds is 3. The molecule has 0 bridgehead atoms. The predicted octanol–water partition coefficient (Wildman–Crippen LogP) is 3.57. The second kappa shape index (κ2) is 6.09. The van der Waals surface area contributed by atoms with Gasteiger partial charge in [0.15, 0.2) is 5.04 Å². The Labute approximate surface area is 135 Å². The number of carbonyl (C=O) groups is 1. The van der Waals surface area contributed by atoms with Crippen LogP contribution >= 0.6 is 34.7 Å². The lowest BCUT2D eigenvalue weighted by Crippen LogP contribution is -2.31. The van der Waals surface area contributed by atoms with Gasteiger partial charge in [0.2, 0.25) is 0 Å². The van der Waals surface area contributed by atoms with Gasteiger partial charge in [0.25, 0.3) is 5.91 Å². The molecule has 21 heavy (non-hydrogen) atoms. The van der Waals surface area contributed by atoms with E-state index in [9.17, 15) is 4.79 Å². The van der Waals surface area contributed by atoms with Gasteiger partial charge in [0.1, 0.15) is 5.00 Å². The van der Waals surface area contributed by atoms with Crippen molar-refractivity contribution in [3.63, 3.8) is 0 Å². The lowest BCUT2D eigenvalue weighted by atomic mass is 10.2. The molecular weight excluding hydrogens is 326 g/mol. The first-order valence-electron chi connectivity index (χ1n) is 6.24. The Morgan fingerprint density at radius 3 is 2.86 bits per heavy atom. The highest BCUT2D eigenvalue weighted by molar-refractivity contribution is 8.16. The Morgan fingerprint density at radius 2 is 2.10 bits per heavy atom. The highest BCUT2D eigenvalue weighted by atomic mass is 35.5. The average molecular weight is 338 g/mol. The van der Waals surface area contributed by atoms with E-state index in [1.165, 1.54) is 11.8 Å². The summed E-state index contributed by atoms with van der Waals surface area (Å²) in [5, 5.41) is 13.1. The summed E-state index contributed by atoms with van der Waals surface area (Å²) < 4.78 is 0. The van der Waals surface area contributed by atoms with Crippen LogP contribution in [-0.4, -0.2) is 18.0 Å². The summed E-state index contributed by atoms with van der Waals surface area (Å²) >= 11 is 8.85. The molecule has 0 fully saturated rings. The molecule has 3 rings (SSSR count). The number of nitrogens with zero attached hydrogens (tertiary/aromatic N) is 2. The third kappa shape index (κ3) is 3.23. The van der Waals surface area contributed by atoms with Gasteiger partial charge >= 0.3 is 0 Å². The number of carbonyl (C=O) groups excluding carboxylic acids is 1. The Bertz CT molecular complexity index is 696. The molecule has 0 spiro atoms. The molecule has 1 aliphatic heterocycles. The van der Waals surface area contributed by atoms with Gasteiger partial charge in [-0.2, -0.15) is 5.10 Å². The van der Waals surface area contributed by atoms with Crippen LogP contribution in [0.1, 0.15) is 5.56 Å². The Balaban J connectivity index is 1.65. The Kier molecular flexibility index (Phi) is 4.19. The molecule has 1 amide bonds. The number of fused-ring (bicyclic) bond motifs is 1.